The summed E-state index contributed by atoms with van der Waals surface area (Å²) in [7, 11) is 0. The summed E-state index contributed by atoms with van der Waals surface area (Å²) in [6.07, 6.45) is 0.620. The molecule has 4 nitrogen and oxygen atoms in total. The molecule has 5 N–H and O–H groups in total. The zero-order valence-electron chi connectivity index (χ0n) is 6.81. The van der Waals surface area contributed by atoms with Crippen molar-refractivity contribution in [2.24, 2.45) is 11.5 Å². The Morgan fingerprint density at radius 1 is 1.38 bits per heavy atom. The quantitative estimate of drug-likeness (QED) is 0.449. The standard InChI is InChI=1S/C7H6O2.CH4N2S/c8-5-6-3-1-2-4-7(6)9;2-1(3)4/h1-5,9H;(H4,2,3,4). The van der Waals surface area contributed by atoms with Crippen LogP contribution >= 0.6 is 12.2 Å². The molecular formula is C8H10N2O2S. The molecule has 0 fully saturated rings. The molecule has 0 saturated heterocycles. The van der Waals surface area contributed by atoms with Gasteiger partial charge in [0.2, 0.25) is 0 Å². The Morgan fingerprint density at radius 3 is 2.15 bits per heavy atom. The minimum Gasteiger partial charge on any atom is -0.507 e. The molecule has 0 unspecified atom stereocenters. The first-order valence-electron chi connectivity index (χ1n) is 3.36. The molecule has 0 spiro atoms. The van der Waals surface area contributed by atoms with Crippen molar-refractivity contribution in [2.45, 2.75) is 0 Å². The van der Waals surface area contributed by atoms with Crippen LogP contribution in [0.15, 0.2) is 24.3 Å². The highest BCUT2D eigenvalue weighted by molar-refractivity contribution is 7.80. The molecule has 1 aromatic carbocycles. The Kier molecular flexibility index (Phi) is 5.22. The third-order valence-corrected chi connectivity index (χ3v) is 1.06. The number of hydrogen-bond acceptors (Lipinski definition) is 3. The number of thiocarbonyl (C=S) groups is 1. The van der Waals surface area contributed by atoms with Gasteiger partial charge in [0.25, 0.3) is 0 Å². The largest absolute Gasteiger partial charge is 0.507 e. The highest BCUT2D eigenvalue weighted by Crippen LogP contribution is 2.11. The maximum Gasteiger partial charge on any atom is 0.160 e. The van der Waals surface area contributed by atoms with E-state index in [1.165, 1.54) is 6.07 Å². The first-order valence-corrected chi connectivity index (χ1v) is 3.77. The molecule has 0 aliphatic heterocycles. The molecule has 0 heterocycles. The number of carbonyl (C=O) groups is 1. The van der Waals surface area contributed by atoms with E-state index < -0.39 is 0 Å². The van der Waals surface area contributed by atoms with Crippen molar-refractivity contribution in [3.8, 4) is 5.75 Å². The van der Waals surface area contributed by atoms with Crippen LogP contribution in [-0.2, 0) is 0 Å². The Labute approximate surface area is 81.2 Å². The minimum absolute atomic E-state index is 0.000000000000000222. The van der Waals surface area contributed by atoms with Gasteiger partial charge in [0.15, 0.2) is 11.4 Å². The number of nitrogens with two attached hydrogens (primary N) is 2. The summed E-state index contributed by atoms with van der Waals surface area (Å²) in [6, 6.07) is 6.40. The molecule has 13 heavy (non-hydrogen) atoms. The smallest absolute Gasteiger partial charge is 0.160 e. The van der Waals surface area contributed by atoms with Crippen molar-refractivity contribution in [3.05, 3.63) is 29.8 Å². The summed E-state index contributed by atoms with van der Waals surface area (Å²) in [6.45, 7) is 0. The first-order chi connectivity index (χ1) is 6.07. The average Bonchev–Trinajstić information content (AvgIpc) is 2.04. The second kappa shape index (κ2) is 5.96. The molecule has 1 rings (SSSR count). The van der Waals surface area contributed by atoms with E-state index in [4.69, 9.17) is 5.11 Å². The zero-order valence-corrected chi connectivity index (χ0v) is 7.62. The number of phenols is 1. The van der Waals surface area contributed by atoms with Crippen molar-refractivity contribution < 1.29 is 9.90 Å². The van der Waals surface area contributed by atoms with Crippen LogP contribution in [0, 0.1) is 0 Å². The third-order valence-electron chi connectivity index (χ3n) is 1.06. The van der Waals surface area contributed by atoms with Crippen LogP contribution in [0.3, 0.4) is 0 Å². The SMILES string of the molecule is NC(N)=S.O=Cc1ccccc1O. The molecule has 70 valence electrons. The molecule has 0 aromatic heterocycles. The van der Waals surface area contributed by atoms with Crippen molar-refractivity contribution in [2.75, 3.05) is 0 Å². The number of para-hydroxylation sites is 1. The van der Waals surface area contributed by atoms with Gasteiger partial charge in [-0.1, -0.05) is 12.1 Å². The van der Waals surface area contributed by atoms with Crippen LogP contribution in [0.1, 0.15) is 10.4 Å². The van der Waals surface area contributed by atoms with Gasteiger partial charge in [0, 0.05) is 0 Å². The van der Waals surface area contributed by atoms with E-state index in [2.05, 4.69) is 23.7 Å². The van der Waals surface area contributed by atoms with Crippen molar-refractivity contribution >= 4 is 23.6 Å². The van der Waals surface area contributed by atoms with Gasteiger partial charge in [-0.05, 0) is 24.4 Å². The van der Waals surface area contributed by atoms with Gasteiger partial charge in [0.05, 0.1) is 5.56 Å². The van der Waals surface area contributed by atoms with Crippen LogP contribution in [0.25, 0.3) is 0 Å². The lowest BCUT2D eigenvalue weighted by atomic mass is 10.2. The van der Waals surface area contributed by atoms with E-state index in [0.29, 0.717) is 11.8 Å². The van der Waals surface area contributed by atoms with Crippen molar-refractivity contribution in [1.82, 2.24) is 0 Å². The lowest BCUT2D eigenvalue weighted by Gasteiger charge is -1.91. The van der Waals surface area contributed by atoms with Gasteiger partial charge >= 0.3 is 0 Å². The number of carbonyl (C=O) groups excluding carboxylic acids is 1. The van der Waals surface area contributed by atoms with E-state index >= 15 is 0 Å². The molecule has 0 saturated carbocycles. The van der Waals surface area contributed by atoms with Gasteiger partial charge in [-0.3, -0.25) is 4.79 Å². The fourth-order valence-electron chi connectivity index (χ4n) is 0.587. The maximum atomic E-state index is 10.1. The number of hydrogen-bond donors (Lipinski definition) is 3. The molecule has 0 radical (unpaired) electrons. The fourth-order valence-corrected chi connectivity index (χ4v) is 0.587. The summed E-state index contributed by atoms with van der Waals surface area (Å²) < 4.78 is 0. The van der Waals surface area contributed by atoms with Gasteiger partial charge < -0.3 is 16.6 Å². The van der Waals surface area contributed by atoms with Crippen LogP contribution < -0.4 is 11.5 Å². The third kappa shape index (κ3) is 5.63. The average molecular weight is 198 g/mol. The normalized spacial score (nSPS) is 8.00. The van der Waals surface area contributed by atoms with Crippen LogP contribution in [0.4, 0.5) is 0 Å². The van der Waals surface area contributed by atoms with E-state index in [9.17, 15) is 4.79 Å². The summed E-state index contributed by atoms with van der Waals surface area (Å²) in [4.78, 5) is 10.1. The van der Waals surface area contributed by atoms with E-state index in [-0.39, 0.29) is 10.9 Å². The Bertz CT molecular complexity index is 298. The summed E-state index contributed by atoms with van der Waals surface area (Å²) in [5.41, 5.74) is 9.57. The predicted octanol–water partition coefficient (Wildman–Crippen LogP) is 0.393. The van der Waals surface area contributed by atoms with E-state index in [1.807, 2.05) is 0 Å². The summed E-state index contributed by atoms with van der Waals surface area (Å²) in [5, 5.41) is 8.88. The second-order valence-corrected chi connectivity index (χ2v) is 2.55. The Morgan fingerprint density at radius 2 is 1.85 bits per heavy atom. The number of benzene rings is 1. The topological polar surface area (TPSA) is 89.3 Å². The summed E-state index contributed by atoms with van der Waals surface area (Å²) in [5.74, 6) is 0.0347. The number of rotatable bonds is 1. The molecule has 5 heteroatoms. The fraction of sp³-hybridized carbons (Fsp3) is 0. The minimum atomic E-state index is 0.000000000000000222. The lowest BCUT2D eigenvalue weighted by molar-refractivity contribution is 0.112. The van der Waals surface area contributed by atoms with Crippen LogP contribution in [0.5, 0.6) is 5.75 Å². The molecule has 0 aliphatic carbocycles. The molecule has 1 aromatic rings. The molecule has 0 aliphatic rings. The van der Waals surface area contributed by atoms with Crippen molar-refractivity contribution in [1.29, 1.82) is 0 Å². The monoisotopic (exact) mass is 198 g/mol. The number of aldehydes is 1. The zero-order chi connectivity index (χ0) is 10.3. The van der Waals surface area contributed by atoms with E-state index in [0.717, 1.165) is 0 Å². The predicted molar refractivity (Wildman–Crippen MR) is 54.5 cm³/mol. The Balaban J connectivity index is 0.000000310. The van der Waals surface area contributed by atoms with E-state index in [1.54, 1.807) is 18.2 Å². The second-order valence-electron chi connectivity index (χ2n) is 2.08. The molecule has 0 bridgehead atoms. The first kappa shape index (κ1) is 11.4. The highest BCUT2D eigenvalue weighted by Gasteiger charge is 1.93. The van der Waals surface area contributed by atoms with Gasteiger partial charge in [0.1, 0.15) is 5.75 Å². The van der Waals surface area contributed by atoms with Gasteiger partial charge in [-0.25, -0.2) is 0 Å². The number of phenolic OH excluding ortho intramolecular Hbond substituents is 1. The highest BCUT2D eigenvalue weighted by atomic mass is 32.1. The summed E-state index contributed by atoms with van der Waals surface area (Å²) >= 11 is 4.09. The molecule has 0 amide bonds. The maximum absolute atomic E-state index is 10.1. The molecule has 0 atom stereocenters. The van der Waals surface area contributed by atoms with Crippen molar-refractivity contribution in [3.63, 3.8) is 0 Å². The van der Waals surface area contributed by atoms with Crippen LogP contribution in [0.2, 0.25) is 0 Å². The van der Waals surface area contributed by atoms with Gasteiger partial charge in [-0.2, -0.15) is 0 Å². The number of aromatic hydroxyl groups is 1. The Hall–Kier alpha value is -1.62. The molecular weight excluding hydrogens is 188 g/mol. The lowest BCUT2D eigenvalue weighted by Crippen LogP contribution is -2.18. The van der Waals surface area contributed by atoms with Gasteiger partial charge in [-0.15, -0.1) is 0 Å². The van der Waals surface area contributed by atoms with Crippen LogP contribution in [-0.4, -0.2) is 16.5 Å².